The molecule has 26 heavy (non-hydrogen) atoms. The van der Waals surface area contributed by atoms with Gasteiger partial charge < -0.3 is 10.6 Å². The van der Waals surface area contributed by atoms with Crippen LogP contribution >= 0.6 is 11.3 Å². The van der Waals surface area contributed by atoms with E-state index in [1.54, 1.807) is 43.3 Å². The minimum atomic E-state index is -0.317. The number of benzene rings is 2. The van der Waals surface area contributed by atoms with Crippen LogP contribution in [0.5, 0.6) is 0 Å². The lowest BCUT2D eigenvalue weighted by Gasteiger charge is -2.06. The van der Waals surface area contributed by atoms with Crippen molar-refractivity contribution >= 4 is 34.5 Å². The lowest BCUT2D eigenvalue weighted by molar-refractivity contribution is -0.114. The number of halogens is 1. The molecular weight excluding hydrogens is 353 g/mol. The van der Waals surface area contributed by atoms with E-state index in [0.29, 0.717) is 27.0 Å². The van der Waals surface area contributed by atoms with E-state index in [9.17, 15) is 14.0 Å². The van der Waals surface area contributed by atoms with Gasteiger partial charge in [0.25, 0.3) is 5.91 Å². The highest BCUT2D eigenvalue weighted by atomic mass is 32.1. The van der Waals surface area contributed by atoms with Crippen molar-refractivity contribution in [3.63, 3.8) is 0 Å². The monoisotopic (exact) mass is 369 g/mol. The lowest BCUT2D eigenvalue weighted by Crippen LogP contribution is -2.11. The van der Waals surface area contributed by atoms with Gasteiger partial charge in [0.1, 0.15) is 15.7 Å². The molecule has 2 N–H and O–H groups in total. The largest absolute Gasteiger partial charge is 0.326 e. The third kappa shape index (κ3) is 4.12. The predicted molar refractivity (Wildman–Crippen MR) is 101 cm³/mol. The number of thiazole rings is 1. The molecule has 0 bridgehead atoms. The summed E-state index contributed by atoms with van der Waals surface area (Å²) in [5.41, 5.74) is 2.64. The summed E-state index contributed by atoms with van der Waals surface area (Å²) in [5, 5.41) is 6.14. The standard InChI is InChI=1S/C19H16FN3O2S/c1-11-17(26-19(21-11)13-3-5-14(20)6-4-13)18(25)23-16-9-7-15(8-10-16)22-12(2)24/h3-10H,1-2H3,(H,22,24)(H,23,25). The Morgan fingerprint density at radius 3 is 2.12 bits per heavy atom. The first-order valence-corrected chi connectivity index (χ1v) is 8.66. The van der Waals surface area contributed by atoms with Crippen molar-refractivity contribution < 1.29 is 14.0 Å². The molecule has 0 saturated heterocycles. The first-order chi connectivity index (χ1) is 12.4. The molecule has 5 nitrogen and oxygen atoms in total. The van der Waals surface area contributed by atoms with Crippen molar-refractivity contribution in [3.05, 3.63) is 64.9 Å². The highest BCUT2D eigenvalue weighted by Crippen LogP contribution is 2.28. The van der Waals surface area contributed by atoms with E-state index in [4.69, 9.17) is 0 Å². The highest BCUT2D eigenvalue weighted by molar-refractivity contribution is 7.17. The highest BCUT2D eigenvalue weighted by Gasteiger charge is 2.16. The molecule has 0 radical (unpaired) electrons. The van der Waals surface area contributed by atoms with Crippen molar-refractivity contribution in [3.8, 4) is 10.6 Å². The van der Waals surface area contributed by atoms with Gasteiger partial charge in [-0.2, -0.15) is 0 Å². The number of anilines is 2. The number of carbonyl (C=O) groups is 2. The smallest absolute Gasteiger partial charge is 0.267 e. The molecule has 132 valence electrons. The minimum absolute atomic E-state index is 0.157. The van der Waals surface area contributed by atoms with Crippen LogP contribution in [0.3, 0.4) is 0 Å². The van der Waals surface area contributed by atoms with Crippen LogP contribution in [-0.2, 0) is 4.79 Å². The Bertz CT molecular complexity index is 950. The summed E-state index contributed by atoms with van der Waals surface area (Å²) < 4.78 is 13.1. The number of rotatable bonds is 4. The molecule has 0 saturated carbocycles. The second-order valence-corrected chi connectivity index (χ2v) is 6.65. The lowest BCUT2D eigenvalue weighted by atomic mass is 10.2. The predicted octanol–water partition coefficient (Wildman–Crippen LogP) is 4.47. The zero-order valence-electron chi connectivity index (χ0n) is 14.2. The maximum Gasteiger partial charge on any atom is 0.267 e. The second kappa shape index (κ2) is 7.45. The normalized spacial score (nSPS) is 10.4. The summed E-state index contributed by atoms with van der Waals surface area (Å²) in [6.07, 6.45) is 0. The van der Waals surface area contributed by atoms with Crippen molar-refractivity contribution in [1.29, 1.82) is 0 Å². The molecule has 0 aliphatic rings. The molecule has 2 aromatic carbocycles. The molecule has 0 atom stereocenters. The van der Waals surface area contributed by atoms with Crippen LogP contribution in [0.1, 0.15) is 22.3 Å². The maximum absolute atomic E-state index is 13.1. The van der Waals surface area contributed by atoms with Gasteiger partial charge in [-0.05, 0) is 55.5 Å². The summed E-state index contributed by atoms with van der Waals surface area (Å²) in [7, 11) is 0. The summed E-state index contributed by atoms with van der Waals surface area (Å²) in [6.45, 7) is 3.19. The topological polar surface area (TPSA) is 71.1 Å². The molecule has 3 rings (SSSR count). The van der Waals surface area contributed by atoms with E-state index < -0.39 is 0 Å². The Morgan fingerprint density at radius 1 is 0.962 bits per heavy atom. The zero-order chi connectivity index (χ0) is 18.7. The van der Waals surface area contributed by atoms with E-state index in [1.807, 2.05) is 0 Å². The van der Waals surface area contributed by atoms with Crippen molar-refractivity contribution in [2.24, 2.45) is 0 Å². The van der Waals surface area contributed by atoms with Gasteiger partial charge in [0, 0.05) is 23.9 Å². The first kappa shape index (κ1) is 17.8. The van der Waals surface area contributed by atoms with E-state index >= 15 is 0 Å². The van der Waals surface area contributed by atoms with Crippen LogP contribution in [0, 0.1) is 12.7 Å². The number of amides is 2. The Labute approximate surface area is 153 Å². The molecule has 2 amide bonds. The van der Waals surface area contributed by atoms with Crippen molar-refractivity contribution in [2.45, 2.75) is 13.8 Å². The third-order valence-corrected chi connectivity index (χ3v) is 4.76. The first-order valence-electron chi connectivity index (χ1n) is 7.85. The minimum Gasteiger partial charge on any atom is -0.326 e. The molecular formula is C19H16FN3O2S. The molecule has 1 heterocycles. The summed E-state index contributed by atoms with van der Waals surface area (Å²) in [4.78, 5) is 28.5. The second-order valence-electron chi connectivity index (χ2n) is 5.65. The van der Waals surface area contributed by atoms with Crippen LogP contribution in [-0.4, -0.2) is 16.8 Å². The molecule has 0 aliphatic heterocycles. The molecule has 0 aliphatic carbocycles. The van der Waals surface area contributed by atoms with Crippen LogP contribution in [0.4, 0.5) is 15.8 Å². The number of aromatic nitrogens is 1. The fraction of sp³-hybridized carbons (Fsp3) is 0.105. The van der Waals surface area contributed by atoms with E-state index in [2.05, 4.69) is 15.6 Å². The van der Waals surface area contributed by atoms with Gasteiger partial charge in [0.2, 0.25) is 5.91 Å². The van der Waals surface area contributed by atoms with Crippen LogP contribution in [0.15, 0.2) is 48.5 Å². The summed E-state index contributed by atoms with van der Waals surface area (Å²) in [5.74, 6) is -0.737. The summed E-state index contributed by atoms with van der Waals surface area (Å²) in [6, 6.07) is 12.8. The fourth-order valence-electron chi connectivity index (χ4n) is 2.35. The Balaban J connectivity index is 1.75. The Hall–Kier alpha value is -3.06. The van der Waals surface area contributed by atoms with Crippen molar-refractivity contribution in [2.75, 3.05) is 10.6 Å². The van der Waals surface area contributed by atoms with Crippen LogP contribution < -0.4 is 10.6 Å². The van der Waals surface area contributed by atoms with Gasteiger partial charge in [-0.25, -0.2) is 9.37 Å². The molecule has 0 fully saturated rings. The van der Waals surface area contributed by atoms with Gasteiger partial charge in [-0.15, -0.1) is 11.3 Å². The van der Waals surface area contributed by atoms with E-state index in [-0.39, 0.29) is 17.6 Å². The number of carbonyl (C=O) groups excluding carboxylic acids is 2. The quantitative estimate of drug-likeness (QED) is 0.713. The fourth-order valence-corrected chi connectivity index (χ4v) is 3.32. The number of nitrogens with zero attached hydrogens (tertiary/aromatic N) is 1. The van der Waals surface area contributed by atoms with Crippen LogP contribution in [0.2, 0.25) is 0 Å². The molecule has 3 aromatic rings. The van der Waals surface area contributed by atoms with Gasteiger partial charge in [0.05, 0.1) is 5.69 Å². The molecule has 7 heteroatoms. The number of aryl methyl sites for hydroxylation is 1. The van der Waals surface area contributed by atoms with E-state index in [0.717, 1.165) is 5.56 Å². The van der Waals surface area contributed by atoms with Crippen molar-refractivity contribution in [1.82, 2.24) is 4.98 Å². The number of hydrogen-bond donors (Lipinski definition) is 2. The number of hydrogen-bond acceptors (Lipinski definition) is 4. The average molecular weight is 369 g/mol. The third-order valence-electron chi connectivity index (χ3n) is 3.56. The number of nitrogens with one attached hydrogen (secondary N) is 2. The average Bonchev–Trinajstić information content (AvgIpc) is 2.99. The Morgan fingerprint density at radius 2 is 1.54 bits per heavy atom. The van der Waals surface area contributed by atoms with Crippen LogP contribution in [0.25, 0.3) is 10.6 Å². The maximum atomic E-state index is 13.1. The van der Waals surface area contributed by atoms with Gasteiger partial charge in [-0.3, -0.25) is 9.59 Å². The van der Waals surface area contributed by atoms with Gasteiger partial charge in [-0.1, -0.05) is 0 Å². The molecule has 1 aromatic heterocycles. The zero-order valence-corrected chi connectivity index (χ0v) is 15.0. The summed E-state index contributed by atoms with van der Waals surface area (Å²) >= 11 is 1.25. The van der Waals surface area contributed by atoms with E-state index in [1.165, 1.54) is 30.4 Å². The Kier molecular flexibility index (Phi) is 5.09. The van der Waals surface area contributed by atoms with Gasteiger partial charge >= 0.3 is 0 Å². The van der Waals surface area contributed by atoms with Gasteiger partial charge in [0.15, 0.2) is 0 Å². The SMILES string of the molecule is CC(=O)Nc1ccc(NC(=O)c2sc(-c3ccc(F)cc3)nc2C)cc1. The molecule has 0 spiro atoms. The molecule has 0 unspecified atom stereocenters.